The van der Waals surface area contributed by atoms with Crippen LogP contribution in [0, 0.1) is 0 Å². The van der Waals surface area contributed by atoms with Crippen LogP contribution in [0.1, 0.15) is 19.8 Å². The summed E-state index contributed by atoms with van der Waals surface area (Å²) in [5, 5.41) is 1.45. The zero-order valence-electron chi connectivity index (χ0n) is 6.55. The first-order valence-corrected chi connectivity index (χ1v) is 4.75. The molecular weight excluding hydrogens is 210 g/mol. The van der Waals surface area contributed by atoms with E-state index in [4.69, 9.17) is 4.84 Å². The third-order valence-corrected chi connectivity index (χ3v) is 2.66. The average Bonchev–Trinajstić information content (AvgIpc) is 2.53. The molecule has 0 aliphatic carbocycles. The summed E-state index contributed by atoms with van der Waals surface area (Å²) in [4.78, 5) is 16.3. The molecule has 0 aromatic heterocycles. The number of alkyl halides is 1. The molecule has 0 aromatic carbocycles. The first-order valence-electron chi connectivity index (χ1n) is 3.84. The molecule has 0 saturated carbocycles. The van der Waals surface area contributed by atoms with Crippen molar-refractivity contribution in [2.24, 2.45) is 0 Å². The quantitative estimate of drug-likeness (QED) is 0.659. The highest BCUT2D eigenvalue weighted by Gasteiger charge is 2.24. The number of carbonyl (C=O) groups is 1. The van der Waals surface area contributed by atoms with Crippen molar-refractivity contribution in [1.82, 2.24) is 5.06 Å². The highest BCUT2D eigenvalue weighted by Crippen LogP contribution is 2.13. The lowest BCUT2D eigenvalue weighted by Crippen LogP contribution is -2.32. The first kappa shape index (κ1) is 9.00. The van der Waals surface area contributed by atoms with Gasteiger partial charge in [-0.2, -0.15) is 0 Å². The predicted octanol–water partition coefficient (Wildman–Crippen LogP) is 1.32. The van der Waals surface area contributed by atoms with Crippen molar-refractivity contribution in [1.29, 1.82) is 0 Å². The molecule has 4 heteroatoms. The number of rotatable bonds is 2. The second-order valence-corrected chi connectivity index (χ2v) is 3.61. The minimum Gasteiger partial charge on any atom is -0.271 e. The van der Waals surface area contributed by atoms with Gasteiger partial charge in [-0.05, 0) is 12.8 Å². The zero-order chi connectivity index (χ0) is 8.27. The number of nitrogens with zero attached hydrogens (tertiary/aromatic N) is 1. The van der Waals surface area contributed by atoms with Gasteiger partial charge in [0.15, 0.2) is 0 Å². The molecule has 1 unspecified atom stereocenters. The number of amides is 1. The monoisotopic (exact) mass is 221 g/mol. The van der Waals surface area contributed by atoms with E-state index in [1.807, 2.05) is 6.92 Å². The van der Waals surface area contributed by atoms with Crippen molar-refractivity contribution >= 4 is 21.8 Å². The van der Waals surface area contributed by atoms with E-state index in [9.17, 15) is 4.79 Å². The van der Waals surface area contributed by atoms with Gasteiger partial charge < -0.3 is 0 Å². The van der Waals surface area contributed by atoms with Crippen molar-refractivity contribution in [3.05, 3.63) is 0 Å². The summed E-state index contributed by atoms with van der Waals surface area (Å²) in [6.07, 6.45) is 1.76. The van der Waals surface area contributed by atoms with Gasteiger partial charge in [0.2, 0.25) is 0 Å². The van der Waals surface area contributed by atoms with Crippen molar-refractivity contribution in [2.75, 3.05) is 13.2 Å². The molecule has 11 heavy (non-hydrogen) atoms. The normalized spacial score (nSPS) is 20.4. The Morgan fingerprint density at radius 2 is 2.55 bits per heavy atom. The summed E-state index contributed by atoms with van der Waals surface area (Å²) < 4.78 is 0. The predicted molar refractivity (Wildman–Crippen MR) is 45.3 cm³/mol. The Kier molecular flexibility index (Phi) is 3.33. The SMILES string of the molecule is CCC(Br)C(=O)N1CCCO1. The van der Waals surface area contributed by atoms with E-state index in [2.05, 4.69) is 15.9 Å². The molecule has 0 spiro atoms. The summed E-state index contributed by atoms with van der Waals surface area (Å²) in [7, 11) is 0. The number of hydrogen-bond donors (Lipinski definition) is 0. The second-order valence-electron chi connectivity index (χ2n) is 2.50. The molecule has 1 aliphatic rings. The molecule has 1 amide bonds. The van der Waals surface area contributed by atoms with Gasteiger partial charge in [-0.15, -0.1) is 0 Å². The first-order chi connectivity index (χ1) is 5.25. The van der Waals surface area contributed by atoms with Crippen molar-refractivity contribution in [3.8, 4) is 0 Å². The van der Waals surface area contributed by atoms with Crippen LogP contribution in [0.4, 0.5) is 0 Å². The molecule has 0 radical (unpaired) electrons. The summed E-state index contributed by atoms with van der Waals surface area (Å²) >= 11 is 3.28. The number of hydroxylamine groups is 2. The molecule has 1 heterocycles. The van der Waals surface area contributed by atoms with Crippen LogP contribution in [0.15, 0.2) is 0 Å². The van der Waals surface area contributed by atoms with Gasteiger partial charge >= 0.3 is 0 Å². The Bertz CT molecular complexity index is 145. The van der Waals surface area contributed by atoms with E-state index in [-0.39, 0.29) is 10.7 Å². The van der Waals surface area contributed by atoms with E-state index in [1.54, 1.807) is 0 Å². The third-order valence-electron chi connectivity index (χ3n) is 1.62. The maximum absolute atomic E-state index is 11.3. The zero-order valence-corrected chi connectivity index (χ0v) is 8.13. The molecule has 0 aromatic rings. The van der Waals surface area contributed by atoms with Gasteiger partial charge in [0.1, 0.15) is 0 Å². The molecule has 1 saturated heterocycles. The molecule has 1 aliphatic heterocycles. The van der Waals surface area contributed by atoms with Crippen LogP contribution in [0.3, 0.4) is 0 Å². The fourth-order valence-electron chi connectivity index (χ4n) is 0.952. The smallest absolute Gasteiger partial charge is 0.259 e. The average molecular weight is 222 g/mol. The Hall–Kier alpha value is -0.0900. The Balaban J connectivity index is 2.39. The molecular formula is C7H12BrNO2. The van der Waals surface area contributed by atoms with Crippen LogP contribution in [0.5, 0.6) is 0 Å². The summed E-state index contributed by atoms with van der Waals surface area (Å²) in [5.41, 5.74) is 0. The second kappa shape index (κ2) is 4.07. The van der Waals surface area contributed by atoms with Crippen LogP contribution in [-0.2, 0) is 9.63 Å². The van der Waals surface area contributed by atoms with Gasteiger partial charge in [0.25, 0.3) is 5.91 Å². The highest BCUT2D eigenvalue weighted by atomic mass is 79.9. The Labute approximate surface area is 74.8 Å². The maximum atomic E-state index is 11.3. The van der Waals surface area contributed by atoms with Crippen molar-refractivity contribution in [3.63, 3.8) is 0 Å². The van der Waals surface area contributed by atoms with Gasteiger partial charge in [0, 0.05) is 0 Å². The minimum atomic E-state index is -0.0828. The third kappa shape index (κ3) is 2.17. The number of halogens is 1. The van der Waals surface area contributed by atoms with Crippen LogP contribution in [0.2, 0.25) is 0 Å². The molecule has 64 valence electrons. The lowest BCUT2D eigenvalue weighted by atomic mass is 10.3. The Morgan fingerprint density at radius 3 is 3.00 bits per heavy atom. The van der Waals surface area contributed by atoms with E-state index in [0.29, 0.717) is 6.61 Å². The molecule has 1 atom stereocenters. The largest absolute Gasteiger partial charge is 0.271 e. The van der Waals surface area contributed by atoms with Crippen LogP contribution in [-0.4, -0.2) is 28.9 Å². The van der Waals surface area contributed by atoms with Crippen LogP contribution >= 0.6 is 15.9 Å². The number of hydrogen-bond acceptors (Lipinski definition) is 2. The highest BCUT2D eigenvalue weighted by molar-refractivity contribution is 9.10. The molecule has 3 nitrogen and oxygen atoms in total. The van der Waals surface area contributed by atoms with Crippen LogP contribution in [0.25, 0.3) is 0 Å². The standard InChI is InChI=1S/C7H12BrNO2/c1-2-6(8)7(10)9-4-3-5-11-9/h6H,2-5H2,1H3. The van der Waals surface area contributed by atoms with Crippen LogP contribution < -0.4 is 0 Å². The van der Waals surface area contributed by atoms with Gasteiger partial charge in [0.05, 0.1) is 18.0 Å². The van der Waals surface area contributed by atoms with Gasteiger partial charge in [-0.3, -0.25) is 9.63 Å². The van der Waals surface area contributed by atoms with Crippen molar-refractivity contribution < 1.29 is 9.63 Å². The Morgan fingerprint density at radius 1 is 1.82 bits per heavy atom. The fourth-order valence-corrected chi connectivity index (χ4v) is 1.18. The van der Waals surface area contributed by atoms with E-state index in [1.165, 1.54) is 5.06 Å². The molecule has 1 fully saturated rings. The fraction of sp³-hybridized carbons (Fsp3) is 0.857. The minimum absolute atomic E-state index is 0.0463. The summed E-state index contributed by atoms with van der Waals surface area (Å²) in [6.45, 7) is 3.38. The maximum Gasteiger partial charge on any atom is 0.259 e. The van der Waals surface area contributed by atoms with Crippen molar-refractivity contribution in [2.45, 2.75) is 24.6 Å². The van der Waals surface area contributed by atoms with E-state index in [0.717, 1.165) is 19.4 Å². The summed E-state index contributed by atoms with van der Waals surface area (Å²) in [6, 6.07) is 0. The molecule has 0 bridgehead atoms. The topological polar surface area (TPSA) is 29.5 Å². The lowest BCUT2D eigenvalue weighted by molar-refractivity contribution is -0.167. The number of carbonyl (C=O) groups excluding carboxylic acids is 1. The van der Waals surface area contributed by atoms with Gasteiger partial charge in [-0.1, -0.05) is 22.9 Å². The van der Waals surface area contributed by atoms with E-state index < -0.39 is 0 Å². The lowest BCUT2D eigenvalue weighted by Gasteiger charge is -2.16. The van der Waals surface area contributed by atoms with Gasteiger partial charge in [-0.25, -0.2) is 5.06 Å². The molecule has 1 rings (SSSR count). The summed E-state index contributed by atoms with van der Waals surface area (Å²) in [5.74, 6) is 0.0463. The van der Waals surface area contributed by atoms with E-state index >= 15 is 0 Å². The molecule has 0 N–H and O–H groups in total.